The fraction of sp³-hybridized carbons (Fsp3) is 0.161. The van der Waals surface area contributed by atoms with E-state index in [4.69, 9.17) is 9.72 Å². The summed E-state index contributed by atoms with van der Waals surface area (Å²) in [5.74, 6) is 1.85. The lowest BCUT2D eigenvalue weighted by Crippen LogP contribution is -2.45. The van der Waals surface area contributed by atoms with Gasteiger partial charge in [0.1, 0.15) is 17.2 Å². The molecule has 1 unspecified atom stereocenters. The van der Waals surface area contributed by atoms with E-state index in [1.807, 2.05) is 85.4 Å². The molecule has 0 saturated heterocycles. The van der Waals surface area contributed by atoms with Crippen LogP contribution in [0.2, 0.25) is 0 Å². The van der Waals surface area contributed by atoms with Crippen LogP contribution in [-0.4, -0.2) is 35.3 Å². The molecule has 0 amide bonds. The zero-order chi connectivity index (χ0) is 28.7. The van der Waals surface area contributed by atoms with Crippen LogP contribution in [0.15, 0.2) is 91.1 Å². The van der Waals surface area contributed by atoms with Gasteiger partial charge in [-0.3, -0.25) is 4.98 Å². The largest absolute Gasteiger partial charge is 0.457 e. The van der Waals surface area contributed by atoms with Crippen LogP contribution in [0, 0.1) is 6.92 Å². The highest BCUT2D eigenvalue weighted by molar-refractivity contribution is 5.79. The SMILES string of the molecule is Cc1[nH]c(-c2cc(Oc3ccc4c(c3)N(C)C(Nc3cccc(C(F)(F)F)c3)N4C)ccn2)nc1-c1ccccc1. The van der Waals surface area contributed by atoms with Gasteiger partial charge in [0.15, 0.2) is 12.1 Å². The van der Waals surface area contributed by atoms with Gasteiger partial charge in [0.25, 0.3) is 0 Å². The highest BCUT2D eigenvalue weighted by Gasteiger charge is 2.33. The highest BCUT2D eigenvalue weighted by atomic mass is 19.4. The molecule has 5 aromatic rings. The van der Waals surface area contributed by atoms with E-state index in [2.05, 4.69) is 15.3 Å². The van der Waals surface area contributed by atoms with Crippen LogP contribution < -0.4 is 19.9 Å². The van der Waals surface area contributed by atoms with Crippen LogP contribution in [0.5, 0.6) is 11.5 Å². The molecule has 0 bridgehead atoms. The Morgan fingerprint density at radius 3 is 2.39 bits per heavy atom. The summed E-state index contributed by atoms with van der Waals surface area (Å²) in [5.41, 5.74) is 4.95. The molecule has 6 rings (SSSR count). The van der Waals surface area contributed by atoms with Gasteiger partial charge in [0.2, 0.25) is 0 Å². The van der Waals surface area contributed by atoms with E-state index >= 15 is 0 Å². The number of ether oxygens (including phenoxy) is 1. The molecule has 0 aliphatic carbocycles. The summed E-state index contributed by atoms with van der Waals surface area (Å²) < 4.78 is 45.8. The molecule has 10 heteroatoms. The number of pyridine rings is 1. The van der Waals surface area contributed by atoms with Crippen molar-refractivity contribution in [1.29, 1.82) is 0 Å². The third kappa shape index (κ3) is 5.16. The molecular formula is C31H27F3N6O. The van der Waals surface area contributed by atoms with Crippen LogP contribution in [0.3, 0.4) is 0 Å². The number of benzene rings is 3. The second kappa shape index (κ2) is 10.2. The van der Waals surface area contributed by atoms with E-state index in [1.165, 1.54) is 6.07 Å². The number of hydrogen-bond donors (Lipinski definition) is 2. The number of nitrogens with one attached hydrogen (secondary N) is 2. The summed E-state index contributed by atoms with van der Waals surface area (Å²) in [6, 6.07) is 24.5. The normalized spacial score (nSPS) is 14.7. The summed E-state index contributed by atoms with van der Waals surface area (Å²) in [6.07, 6.45) is -3.13. The lowest BCUT2D eigenvalue weighted by Gasteiger charge is -2.29. The van der Waals surface area contributed by atoms with Crippen LogP contribution >= 0.6 is 0 Å². The molecule has 0 spiro atoms. The summed E-state index contributed by atoms with van der Waals surface area (Å²) in [5, 5.41) is 3.21. The number of aryl methyl sites for hydroxylation is 1. The van der Waals surface area contributed by atoms with Crippen molar-refractivity contribution in [2.24, 2.45) is 0 Å². The quantitative estimate of drug-likeness (QED) is 0.225. The number of aromatic nitrogens is 3. The van der Waals surface area contributed by atoms with E-state index in [9.17, 15) is 13.2 Å². The average Bonchev–Trinajstić information content (AvgIpc) is 3.46. The third-order valence-corrected chi connectivity index (χ3v) is 7.07. The van der Waals surface area contributed by atoms with Crippen molar-refractivity contribution >= 4 is 17.1 Å². The topological polar surface area (TPSA) is 69.3 Å². The Morgan fingerprint density at radius 2 is 1.61 bits per heavy atom. The first-order valence-corrected chi connectivity index (χ1v) is 13.0. The minimum Gasteiger partial charge on any atom is -0.457 e. The fourth-order valence-corrected chi connectivity index (χ4v) is 5.00. The molecule has 2 N–H and O–H groups in total. The second-order valence-electron chi connectivity index (χ2n) is 9.87. The van der Waals surface area contributed by atoms with Gasteiger partial charge in [-0.1, -0.05) is 36.4 Å². The lowest BCUT2D eigenvalue weighted by atomic mass is 10.1. The third-order valence-electron chi connectivity index (χ3n) is 7.07. The number of aromatic amines is 1. The fourth-order valence-electron chi connectivity index (χ4n) is 5.00. The number of alkyl halides is 3. The summed E-state index contributed by atoms with van der Waals surface area (Å²) in [4.78, 5) is 16.5. The van der Waals surface area contributed by atoms with E-state index in [0.29, 0.717) is 28.7 Å². The first kappa shape index (κ1) is 26.2. The zero-order valence-electron chi connectivity index (χ0n) is 22.6. The molecule has 208 valence electrons. The number of fused-ring (bicyclic) bond motifs is 1. The summed E-state index contributed by atoms with van der Waals surface area (Å²) in [7, 11) is 3.77. The van der Waals surface area contributed by atoms with Gasteiger partial charge in [-0.2, -0.15) is 13.2 Å². The zero-order valence-corrected chi connectivity index (χ0v) is 22.6. The van der Waals surface area contributed by atoms with Gasteiger partial charge in [0, 0.05) is 49.4 Å². The van der Waals surface area contributed by atoms with Gasteiger partial charge >= 0.3 is 6.18 Å². The Labute approximate surface area is 235 Å². The Kier molecular flexibility index (Phi) is 6.53. The molecule has 0 fully saturated rings. The monoisotopic (exact) mass is 556 g/mol. The molecule has 0 saturated carbocycles. The molecule has 1 aliphatic heterocycles. The molecule has 7 nitrogen and oxygen atoms in total. The predicted molar refractivity (Wildman–Crippen MR) is 154 cm³/mol. The van der Waals surface area contributed by atoms with Crippen molar-refractivity contribution in [3.63, 3.8) is 0 Å². The number of rotatable bonds is 6. The molecule has 1 atom stereocenters. The molecule has 2 aromatic heterocycles. The van der Waals surface area contributed by atoms with Crippen LogP contribution in [0.1, 0.15) is 11.3 Å². The Balaban J connectivity index is 1.21. The number of hydrogen-bond acceptors (Lipinski definition) is 6. The van der Waals surface area contributed by atoms with Gasteiger partial charge in [-0.05, 0) is 43.3 Å². The smallest absolute Gasteiger partial charge is 0.416 e. The summed E-state index contributed by atoms with van der Waals surface area (Å²) in [6.45, 7) is 1.98. The average molecular weight is 557 g/mol. The number of imidazole rings is 1. The van der Waals surface area contributed by atoms with Crippen molar-refractivity contribution in [2.45, 2.75) is 19.4 Å². The van der Waals surface area contributed by atoms with Crippen LogP contribution in [0.4, 0.5) is 30.2 Å². The molecule has 41 heavy (non-hydrogen) atoms. The van der Waals surface area contributed by atoms with Crippen molar-refractivity contribution in [2.75, 3.05) is 29.2 Å². The first-order valence-electron chi connectivity index (χ1n) is 13.0. The number of H-pyrrole nitrogens is 1. The Hall–Kier alpha value is -4.99. The van der Waals surface area contributed by atoms with E-state index in [0.717, 1.165) is 40.5 Å². The van der Waals surface area contributed by atoms with Crippen molar-refractivity contribution in [3.05, 3.63) is 102 Å². The number of halogens is 3. The number of nitrogens with zero attached hydrogens (tertiary/aromatic N) is 4. The Morgan fingerprint density at radius 1 is 0.854 bits per heavy atom. The van der Waals surface area contributed by atoms with Gasteiger partial charge < -0.3 is 24.8 Å². The van der Waals surface area contributed by atoms with E-state index < -0.39 is 18.0 Å². The standard InChI is InChI=1S/C31H27F3N6O/c1-19-28(20-8-5-4-6-9-20)38-29(36-19)25-17-24(14-15-35-25)41-23-12-13-26-27(18-23)40(3)30(39(26)2)37-22-11-7-10-21(16-22)31(32,33)34/h4-18,30,37H,1-3H3,(H,36,38). The lowest BCUT2D eigenvalue weighted by molar-refractivity contribution is -0.137. The maximum absolute atomic E-state index is 13.2. The Bertz CT molecular complexity index is 1700. The molecule has 3 aromatic carbocycles. The van der Waals surface area contributed by atoms with Crippen molar-refractivity contribution < 1.29 is 17.9 Å². The highest BCUT2D eigenvalue weighted by Crippen LogP contribution is 2.41. The minimum atomic E-state index is -4.41. The second-order valence-corrected chi connectivity index (χ2v) is 9.87. The van der Waals surface area contributed by atoms with Gasteiger partial charge in [-0.25, -0.2) is 4.98 Å². The summed E-state index contributed by atoms with van der Waals surface area (Å²) >= 11 is 0. The minimum absolute atomic E-state index is 0.376. The predicted octanol–water partition coefficient (Wildman–Crippen LogP) is 7.54. The number of anilines is 3. The molecule has 0 radical (unpaired) electrons. The van der Waals surface area contributed by atoms with Crippen molar-refractivity contribution in [3.8, 4) is 34.3 Å². The van der Waals surface area contributed by atoms with Crippen molar-refractivity contribution in [1.82, 2.24) is 15.0 Å². The molecular weight excluding hydrogens is 529 g/mol. The first-order chi connectivity index (χ1) is 19.7. The molecule has 3 heterocycles. The van der Waals surface area contributed by atoms with Crippen LogP contribution in [-0.2, 0) is 6.18 Å². The van der Waals surface area contributed by atoms with E-state index in [1.54, 1.807) is 18.3 Å². The van der Waals surface area contributed by atoms with Crippen LogP contribution in [0.25, 0.3) is 22.8 Å². The molecule has 1 aliphatic rings. The maximum atomic E-state index is 13.2. The maximum Gasteiger partial charge on any atom is 0.416 e. The van der Waals surface area contributed by atoms with Gasteiger partial charge in [-0.15, -0.1) is 0 Å². The van der Waals surface area contributed by atoms with Gasteiger partial charge in [0.05, 0.1) is 22.6 Å². The van der Waals surface area contributed by atoms with E-state index in [-0.39, 0.29) is 0 Å².